The molecule has 5 nitrogen and oxygen atoms in total. The molecular formula is C19H21N3O2S2. The Labute approximate surface area is 161 Å². The Morgan fingerprint density at radius 1 is 1.23 bits per heavy atom. The van der Waals surface area contributed by atoms with Gasteiger partial charge in [-0.2, -0.15) is 11.8 Å². The van der Waals surface area contributed by atoms with Crippen LogP contribution in [0.5, 0.6) is 0 Å². The maximum atomic E-state index is 11.9. The summed E-state index contributed by atoms with van der Waals surface area (Å²) in [5.41, 5.74) is 2.07. The molecule has 0 saturated heterocycles. The smallest absolute Gasteiger partial charge is 0.247 e. The number of carbonyl (C=O) groups excluding carboxylic acids is 1. The predicted molar refractivity (Wildman–Crippen MR) is 106 cm³/mol. The molecule has 0 aliphatic heterocycles. The van der Waals surface area contributed by atoms with Crippen molar-refractivity contribution in [2.75, 3.05) is 12.3 Å². The van der Waals surface area contributed by atoms with Crippen LogP contribution in [0.25, 0.3) is 11.5 Å². The third kappa shape index (κ3) is 5.71. The van der Waals surface area contributed by atoms with Crippen LogP contribution in [-0.2, 0) is 17.0 Å². The van der Waals surface area contributed by atoms with Crippen molar-refractivity contribution in [1.29, 1.82) is 0 Å². The molecule has 1 aromatic carbocycles. The van der Waals surface area contributed by atoms with Crippen LogP contribution in [-0.4, -0.2) is 28.4 Å². The minimum absolute atomic E-state index is 0.0109. The normalized spacial score (nSPS) is 10.8. The van der Waals surface area contributed by atoms with E-state index in [-0.39, 0.29) is 5.91 Å². The molecule has 2 heterocycles. The third-order valence-electron chi connectivity index (χ3n) is 3.72. The fourth-order valence-corrected chi connectivity index (χ4v) is 4.01. The number of aromatic nitrogens is 2. The molecule has 0 radical (unpaired) electrons. The lowest BCUT2D eigenvalue weighted by atomic mass is 10.1. The number of rotatable bonds is 9. The summed E-state index contributed by atoms with van der Waals surface area (Å²) in [5.74, 6) is 2.89. The largest absolute Gasteiger partial charge is 0.421 e. The van der Waals surface area contributed by atoms with Gasteiger partial charge in [0.2, 0.25) is 17.7 Å². The number of benzene rings is 1. The summed E-state index contributed by atoms with van der Waals surface area (Å²) in [6, 6.07) is 12.1. The lowest BCUT2D eigenvalue weighted by Gasteiger charge is -2.03. The van der Waals surface area contributed by atoms with Crippen LogP contribution in [0.1, 0.15) is 22.8 Å². The van der Waals surface area contributed by atoms with Crippen LogP contribution in [0.15, 0.2) is 46.2 Å². The van der Waals surface area contributed by atoms with Gasteiger partial charge in [-0.25, -0.2) is 0 Å². The number of nitrogens with zero attached hydrogens (tertiary/aromatic N) is 2. The van der Waals surface area contributed by atoms with Crippen LogP contribution in [0.4, 0.5) is 0 Å². The van der Waals surface area contributed by atoms with Crippen LogP contribution in [0.3, 0.4) is 0 Å². The van der Waals surface area contributed by atoms with Crippen LogP contribution >= 0.6 is 23.1 Å². The molecular weight excluding hydrogens is 366 g/mol. The van der Waals surface area contributed by atoms with E-state index in [4.69, 9.17) is 4.42 Å². The fourth-order valence-electron chi connectivity index (χ4n) is 2.31. The Hall–Kier alpha value is -2.12. The molecule has 0 atom stereocenters. The summed E-state index contributed by atoms with van der Waals surface area (Å²) in [6.45, 7) is 2.70. The second-order valence-corrected chi connectivity index (χ2v) is 7.99. The van der Waals surface area contributed by atoms with Crippen molar-refractivity contribution in [2.24, 2.45) is 0 Å². The summed E-state index contributed by atoms with van der Waals surface area (Å²) < 4.78 is 5.64. The fraction of sp³-hybridized carbons (Fsp3) is 0.316. The van der Waals surface area contributed by atoms with Crippen LogP contribution < -0.4 is 5.32 Å². The first kappa shape index (κ1) is 18.7. The number of thioether (sulfide) groups is 1. The maximum absolute atomic E-state index is 11.9. The van der Waals surface area contributed by atoms with E-state index in [9.17, 15) is 4.79 Å². The molecule has 0 bridgehead atoms. The lowest BCUT2D eigenvalue weighted by Crippen LogP contribution is -2.25. The number of amides is 1. The van der Waals surface area contributed by atoms with Crippen molar-refractivity contribution in [3.63, 3.8) is 0 Å². The van der Waals surface area contributed by atoms with Gasteiger partial charge in [0.15, 0.2) is 0 Å². The highest BCUT2D eigenvalue weighted by Crippen LogP contribution is 2.19. The van der Waals surface area contributed by atoms with E-state index in [1.54, 1.807) is 11.3 Å². The van der Waals surface area contributed by atoms with E-state index < -0.39 is 0 Å². The first-order valence-electron chi connectivity index (χ1n) is 8.47. The molecule has 3 rings (SSSR count). The highest BCUT2D eigenvalue weighted by Gasteiger charge is 2.10. The SMILES string of the molecule is Cc1ccc(-c2nnc(CCC(=O)NCCSCc3cccs3)o2)cc1. The Morgan fingerprint density at radius 3 is 2.85 bits per heavy atom. The first-order valence-corrected chi connectivity index (χ1v) is 10.5. The number of nitrogens with one attached hydrogen (secondary N) is 1. The molecule has 0 unspecified atom stereocenters. The topological polar surface area (TPSA) is 68.0 Å². The van der Waals surface area contributed by atoms with Crippen molar-refractivity contribution in [1.82, 2.24) is 15.5 Å². The molecule has 0 spiro atoms. The molecule has 1 N–H and O–H groups in total. The zero-order chi connectivity index (χ0) is 18.2. The Kier molecular flexibility index (Phi) is 6.85. The molecule has 3 aromatic rings. The molecule has 136 valence electrons. The van der Waals surface area contributed by atoms with E-state index in [0.717, 1.165) is 17.1 Å². The maximum Gasteiger partial charge on any atom is 0.247 e. The van der Waals surface area contributed by atoms with Gasteiger partial charge in [0, 0.05) is 41.3 Å². The van der Waals surface area contributed by atoms with Crippen molar-refractivity contribution >= 4 is 29.0 Å². The zero-order valence-electron chi connectivity index (χ0n) is 14.6. The third-order valence-corrected chi connectivity index (χ3v) is 5.79. The monoisotopic (exact) mass is 387 g/mol. The number of thiophene rings is 1. The lowest BCUT2D eigenvalue weighted by molar-refractivity contribution is -0.121. The quantitative estimate of drug-likeness (QED) is 0.560. The zero-order valence-corrected chi connectivity index (χ0v) is 16.2. The standard InChI is InChI=1S/C19H21N3O2S2/c1-14-4-6-15(7-5-14)19-22-21-18(24-19)9-8-17(23)20-10-12-25-13-16-3-2-11-26-16/h2-7,11H,8-10,12-13H2,1H3,(H,20,23). The Balaban J connectivity index is 1.34. The van der Waals surface area contributed by atoms with Gasteiger partial charge in [-0.05, 0) is 30.5 Å². The van der Waals surface area contributed by atoms with E-state index in [0.29, 0.717) is 31.2 Å². The summed E-state index contributed by atoms with van der Waals surface area (Å²) in [7, 11) is 0. The van der Waals surface area contributed by atoms with Gasteiger partial charge in [-0.1, -0.05) is 23.8 Å². The molecule has 2 aromatic heterocycles. The van der Waals surface area contributed by atoms with Crippen molar-refractivity contribution < 1.29 is 9.21 Å². The van der Waals surface area contributed by atoms with Gasteiger partial charge in [0.25, 0.3) is 0 Å². The van der Waals surface area contributed by atoms with Gasteiger partial charge < -0.3 is 9.73 Å². The number of hydrogen-bond donors (Lipinski definition) is 1. The summed E-state index contributed by atoms with van der Waals surface area (Å²) in [4.78, 5) is 13.3. The second-order valence-electron chi connectivity index (χ2n) is 5.85. The molecule has 0 aliphatic carbocycles. The Morgan fingerprint density at radius 2 is 2.08 bits per heavy atom. The summed E-state index contributed by atoms with van der Waals surface area (Å²) in [5, 5.41) is 13.1. The molecule has 1 amide bonds. The number of aryl methyl sites for hydroxylation is 2. The van der Waals surface area contributed by atoms with Gasteiger partial charge in [0.05, 0.1) is 0 Å². The van der Waals surface area contributed by atoms with E-state index in [1.807, 2.05) is 43.0 Å². The molecule has 7 heteroatoms. The van der Waals surface area contributed by atoms with Gasteiger partial charge in [0.1, 0.15) is 0 Å². The van der Waals surface area contributed by atoms with Gasteiger partial charge >= 0.3 is 0 Å². The average molecular weight is 388 g/mol. The van der Waals surface area contributed by atoms with Crippen LogP contribution in [0.2, 0.25) is 0 Å². The van der Waals surface area contributed by atoms with E-state index in [2.05, 4.69) is 33.0 Å². The van der Waals surface area contributed by atoms with E-state index >= 15 is 0 Å². The first-order chi connectivity index (χ1) is 12.7. The summed E-state index contributed by atoms with van der Waals surface area (Å²) >= 11 is 3.59. The van der Waals surface area contributed by atoms with Gasteiger partial charge in [-0.15, -0.1) is 21.5 Å². The van der Waals surface area contributed by atoms with Gasteiger partial charge in [-0.3, -0.25) is 4.79 Å². The molecule has 0 saturated carbocycles. The second kappa shape index (κ2) is 9.54. The highest BCUT2D eigenvalue weighted by molar-refractivity contribution is 7.98. The number of carbonyl (C=O) groups is 1. The molecule has 26 heavy (non-hydrogen) atoms. The minimum atomic E-state index is 0.0109. The van der Waals surface area contributed by atoms with Crippen molar-refractivity contribution in [3.8, 4) is 11.5 Å². The van der Waals surface area contributed by atoms with Crippen LogP contribution in [0, 0.1) is 6.92 Å². The van der Waals surface area contributed by atoms with E-state index in [1.165, 1.54) is 10.4 Å². The number of hydrogen-bond acceptors (Lipinski definition) is 6. The average Bonchev–Trinajstić information content (AvgIpc) is 3.32. The van der Waals surface area contributed by atoms with Crippen molar-refractivity contribution in [2.45, 2.75) is 25.5 Å². The highest BCUT2D eigenvalue weighted by atomic mass is 32.2. The predicted octanol–water partition coefficient (Wildman–Crippen LogP) is 4.09. The minimum Gasteiger partial charge on any atom is -0.421 e. The molecule has 0 aliphatic rings. The van der Waals surface area contributed by atoms with Crippen molar-refractivity contribution in [3.05, 3.63) is 58.1 Å². The Bertz CT molecular complexity index is 814. The molecule has 0 fully saturated rings. The summed E-state index contributed by atoms with van der Waals surface area (Å²) in [6.07, 6.45) is 0.804.